The van der Waals surface area contributed by atoms with Crippen molar-refractivity contribution in [2.45, 2.75) is 26.4 Å². The number of ether oxygens (including phenoxy) is 1. The predicted octanol–water partition coefficient (Wildman–Crippen LogP) is 3.36. The summed E-state index contributed by atoms with van der Waals surface area (Å²) in [5, 5.41) is 3.21. The third-order valence-electron chi connectivity index (χ3n) is 4.56. The summed E-state index contributed by atoms with van der Waals surface area (Å²) in [5.74, 6) is 0.454. The fraction of sp³-hybridized carbons (Fsp3) is 0.350. The smallest absolute Gasteiger partial charge is 0.193 e. The maximum Gasteiger partial charge on any atom is 0.193 e. The van der Waals surface area contributed by atoms with Gasteiger partial charge < -0.3 is 15.8 Å². The number of rotatable bonds is 5. The van der Waals surface area contributed by atoms with E-state index in [2.05, 4.69) is 41.5 Å². The van der Waals surface area contributed by atoms with Gasteiger partial charge in [-0.25, -0.2) is 0 Å². The molecule has 3 rings (SSSR count). The van der Waals surface area contributed by atoms with Crippen molar-refractivity contribution in [3.63, 3.8) is 0 Å². The Morgan fingerprint density at radius 3 is 2.42 bits per heavy atom. The Balaban J connectivity index is 1.65. The van der Waals surface area contributed by atoms with Crippen molar-refractivity contribution in [2.75, 3.05) is 19.0 Å². The molecule has 0 heterocycles. The predicted molar refractivity (Wildman–Crippen MR) is 99.2 cm³/mol. The monoisotopic (exact) mass is 323 g/mol. The first-order chi connectivity index (χ1) is 11.6. The lowest BCUT2D eigenvalue weighted by Gasteiger charge is -2.21. The van der Waals surface area contributed by atoms with Crippen molar-refractivity contribution in [3.8, 4) is 0 Å². The average molecular weight is 323 g/mol. The summed E-state index contributed by atoms with van der Waals surface area (Å²) in [5.41, 5.74) is 11.1. The number of guanidine groups is 1. The largest absolute Gasteiger partial charge is 0.380 e. The van der Waals surface area contributed by atoms with Crippen LogP contribution in [0.5, 0.6) is 0 Å². The second-order valence-electron chi connectivity index (χ2n) is 6.85. The molecule has 0 saturated heterocycles. The van der Waals surface area contributed by atoms with Gasteiger partial charge in [0.25, 0.3) is 0 Å². The minimum Gasteiger partial charge on any atom is -0.380 e. The van der Waals surface area contributed by atoms with E-state index in [4.69, 9.17) is 10.5 Å². The van der Waals surface area contributed by atoms with Gasteiger partial charge in [0.1, 0.15) is 0 Å². The van der Waals surface area contributed by atoms with Crippen LogP contribution >= 0.6 is 0 Å². The summed E-state index contributed by atoms with van der Waals surface area (Å²) in [4.78, 5) is 4.60. The molecule has 0 fully saturated rings. The molecule has 0 spiro atoms. The van der Waals surface area contributed by atoms with Gasteiger partial charge in [0.15, 0.2) is 5.96 Å². The number of methoxy groups -OCH3 is 1. The van der Waals surface area contributed by atoms with Gasteiger partial charge >= 0.3 is 0 Å². The lowest BCUT2D eigenvalue weighted by Crippen LogP contribution is -2.28. The summed E-state index contributed by atoms with van der Waals surface area (Å²) in [6.45, 7) is 3.54. The molecule has 0 saturated carbocycles. The van der Waals surface area contributed by atoms with E-state index >= 15 is 0 Å². The molecule has 1 aliphatic rings. The van der Waals surface area contributed by atoms with Crippen molar-refractivity contribution in [3.05, 3.63) is 65.2 Å². The summed E-state index contributed by atoms with van der Waals surface area (Å²) in [7, 11) is 1.69. The topological polar surface area (TPSA) is 59.6 Å². The first-order valence-electron chi connectivity index (χ1n) is 8.30. The van der Waals surface area contributed by atoms with Crippen molar-refractivity contribution in [2.24, 2.45) is 16.1 Å². The van der Waals surface area contributed by atoms with E-state index in [-0.39, 0.29) is 5.41 Å². The molecule has 3 N–H and O–H groups in total. The van der Waals surface area contributed by atoms with E-state index in [1.165, 1.54) is 11.1 Å². The maximum atomic E-state index is 6.11. The SMILES string of the molecule is COCc1ccccc1NC(N)=NCC1(C)Cc2ccccc2C1. The van der Waals surface area contributed by atoms with Crippen molar-refractivity contribution in [1.82, 2.24) is 0 Å². The molecule has 0 atom stereocenters. The highest BCUT2D eigenvalue weighted by Gasteiger charge is 2.32. The lowest BCUT2D eigenvalue weighted by molar-refractivity contribution is 0.185. The van der Waals surface area contributed by atoms with Crippen LogP contribution < -0.4 is 11.1 Å². The number of benzene rings is 2. The Kier molecular flexibility index (Phi) is 4.86. The van der Waals surface area contributed by atoms with Crippen LogP contribution in [0, 0.1) is 5.41 Å². The van der Waals surface area contributed by atoms with Crippen molar-refractivity contribution < 1.29 is 4.74 Å². The second-order valence-corrected chi connectivity index (χ2v) is 6.85. The van der Waals surface area contributed by atoms with Gasteiger partial charge in [0, 0.05) is 24.9 Å². The number of hydrogen-bond acceptors (Lipinski definition) is 2. The van der Waals surface area contributed by atoms with E-state index < -0.39 is 0 Å². The molecule has 0 radical (unpaired) electrons. The summed E-state index contributed by atoms with van der Waals surface area (Å²) < 4.78 is 5.22. The summed E-state index contributed by atoms with van der Waals surface area (Å²) >= 11 is 0. The molecule has 0 aromatic heterocycles. The second kappa shape index (κ2) is 7.05. The van der Waals surface area contributed by atoms with Gasteiger partial charge in [-0.05, 0) is 35.4 Å². The van der Waals surface area contributed by atoms with Gasteiger partial charge in [0.2, 0.25) is 0 Å². The molecule has 0 unspecified atom stereocenters. The summed E-state index contributed by atoms with van der Waals surface area (Å²) in [6.07, 6.45) is 2.11. The molecule has 2 aromatic rings. The zero-order valence-electron chi connectivity index (χ0n) is 14.4. The molecular formula is C20H25N3O. The van der Waals surface area contributed by atoms with Crippen LogP contribution in [0.2, 0.25) is 0 Å². The molecule has 0 bridgehead atoms. The Labute approximate surface area is 143 Å². The quantitative estimate of drug-likeness (QED) is 0.655. The van der Waals surface area contributed by atoms with Crippen LogP contribution in [0.25, 0.3) is 0 Å². The molecule has 4 heteroatoms. The number of para-hydroxylation sites is 1. The van der Waals surface area contributed by atoms with Gasteiger partial charge in [-0.15, -0.1) is 0 Å². The number of nitrogens with one attached hydrogen (secondary N) is 1. The normalized spacial score (nSPS) is 16.0. The number of fused-ring (bicyclic) bond motifs is 1. The number of anilines is 1. The van der Waals surface area contributed by atoms with E-state index in [9.17, 15) is 0 Å². The van der Waals surface area contributed by atoms with Crippen LogP contribution in [0.1, 0.15) is 23.6 Å². The molecule has 2 aromatic carbocycles. The minimum absolute atomic E-state index is 0.141. The molecule has 1 aliphatic carbocycles. The lowest BCUT2D eigenvalue weighted by atomic mass is 9.87. The fourth-order valence-corrected chi connectivity index (χ4v) is 3.37. The minimum atomic E-state index is 0.141. The highest BCUT2D eigenvalue weighted by atomic mass is 16.5. The molecule has 4 nitrogen and oxygen atoms in total. The van der Waals surface area contributed by atoms with Gasteiger partial charge in [-0.2, -0.15) is 0 Å². The van der Waals surface area contributed by atoms with E-state index in [0.29, 0.717) is 19.1 Å². The van der Waals surface area contributed by atoms with Crippen LogP contribution in [0.3, 0.4) is 0 Å². The molecule has 24 heavy (non-hydrogen) atoms. The number of nitrogens with zero attached hydrogens (tertiary/aromatic N) is 1. The zero-order chi connectivity index (χ0) is 17.0. The highest BCUT2D eigenvalue weighted by molar-refractivity contribution is 5.93. The summed E-state index contributed by atoms with van der Waals surface area (Å²) in [6, 6.07) is 16.6. The standard InChI is InChI=1S/C20H25N3O/c1-20(11-15-7-3-4-8-16(15)12-20)14-22-19(21)23-18-10-6-5-9-17(18)13-24-2/h3-10H,11-14H2,1-2H3,(H3,21,22,23). The zero-order valence-corrected chi connectivity index (χ0v) is 14.4. The van der Waals surface area contributed by atoms with Gasteiger partial charge in [-0.1, -0.05) is 49.4 Å². The van der Waals surface area contributed by atoms with Crippen molar-refractivity contribution >= 4 is 11.6 Å². The Morgan fingerprint density at radius 1 is 1.12 bits per heavy atom. The van der Waals surface area contributed by atoms with Gasteiger partial charge in [0.05, 0.1) is 6.61 Å². The highest BCUT2D eigenvalue weighted by Crippen LogP contribution is 2.36. The first kappa shape index (κ1) is 16.5. The first-order valence-corrected chi connectivity index (χ1v) is 8.30. The van der Waals surface area contributed by atoms with Gasteiger partial charge in [-0.3, -0.25) is 4.99 Å². The third kappa shape index (κ3) is 3.77. The molecule has 126 valence electrons. The Hall–Kier alpha value is -2.33. The molecular weight excluding hydrogens is 298 g/mol. The average Bonchev–Trinajstić information content (AvgIpc) is 2.92. The van der Waals surface area contributed by atoms with Crippen LogP contribution in [0.4, 0.5) is 5.69 Å². The van der Waals surface area contributed by atoms with Crippen LogP contribution in [-0.4, -0.2) is 19.6 Å². The Morgan fingerprint density at radius 2 is 1.75 bits per heavy atom. The van der Waals surface area contributed by atoms with E-state index in [1.54, 1.807) is 7.11 Å². The van der Waals surface area contributed by atoms with Crippen LogP contribution in [-0.2, 0) is 24.2 Å². The van der Waals surface area contributed by atoms with E-state index in [1.807, 2.05) is 24.3 Å². The molecule has 0 amide bonds. The fourth-order valence-electron chi connectivity index (χ4n) is 3.37. The Bertz CT molecular complexity index is 714. The number of aliphatic imine (C=N–C) groups is 1. The van der Waals surface area contributed by atoms with Crippen molar-refractivity contribution in [1.29, 1.82) is 0 Å². The number of hydrogen-bond donors (Lipinski definition) is 2. The maximum absolute atomic E-state index is 6.11. The molecule has 0 aliphatic heterocycles. The number of nitrogens with two attached hydrogens (primary N) is 1. The van der Waals surface area contributed by atoms with E-state index in [0.717, 1.165) is 24.1 Å². The third-order valence-corrected chi connectivity index (χ3v) is 4.56. The van der Waals surface area contributed by atoms with Crippen LogP contribution in [0.15, 0.2) is 53.5 Å².